The molecule has 0 aliphatic rings. The molecule has 0 unspecified atom stereocenters. The summed E-state index contributed by atoms with van der Waals surface area (Å²) in [5.74, 6) is -1.96. The summed E-state index contributed by atoms with van der Waals surface area (Å²) >= 11 is 0. The van der Waals surface area contributed by atoms with Crippen LogP contribution in [0.2, 0.25) is 0 Å². The highest BCUT2D eigenvalue weighted by atomic mass is 19.4. The lowest BCUT2D eigenvalue weighted by Crippen LogP contribution is -2.33. The number of carboxylic acid groups (broad SMARTS) is 1. The van der Waals surface area contributed by atoms with Gasteiger partial charge in [-0.05, 0) is 23.8 Å². The topological polar surface area (TPSA) is 66.4 Å². The fraction of sp³-hybridized carbons (Fsp3) is 0.167. The van der Waals surface area contributed by atoms with Gasteiger partial charge in [0, 0.05) is 11.6 Å². The summed E-state index contributed by atoms with van der Waals surface area (Å²) in [6, 6.07) is 5.49. The van der Waals surface area contributed by atoms with Crippen LogP contribution in [0.25, 0.3) is 6.08 Å². The van der Waals surface area contributed by atoms with Crippen LogP contribution in [0.4, 0.5) is 13.2 Å². The van der Waals surface area contributed by atoms with Crippen molar-refractivity contribution in [2.45, 2.75) is 6.18 Å². The molecular formula is C12H10F3NO3. The maximum absolute atomic E-state index is 11.9. The molecule has 1 amide bonds. The normalized spacial score (nSPS) is 11.5. The average Bonchev–Trinajstić information content (AvgIpc) is 2.33. The Labute approximate surface area is 106 Å². The SMILES string of the molecule is O=C(O)C=Cc1ccc(C(=O)NCC(F)(F)F)cc1. The summed E-state index contributed by atoms with van der Waals surface area (Å²) in [5, 5.41) is 10.1. The van der Waals surface area contributed by atoms with Crippen LogP contribution in [-0.2, 0) is 4.79 Å². The van der Waals surface area contributed by atoms with Crippen molar-refractivity contribution in [2.75, 3.05) is 6.54 Å². The van der Waals surface area contributed by atoms with Crippen LogP contribution in [-0.4, -0.2) is 29.7 Å². The zero-order valence-electron chi connectivity index (χ0n) is 9.57. The van der Waals surface area contributed by atoms with Gasteiger partial charge in [-0.25, -0.2) is 4.79 Å². The second-order valence-electron chi connectivity index (χ2n) is 3.59. The van der Waals surface area contributed by atoms with Gasteiger partial charge in [0.15, 0.2) is 0 Å². The lowest BCUT2D eigenvalue weighted by atomic mass is 10.1. The number of hydrogen-bond donors (Lipinski definition) is 2. The van der Waals surface area contributed by atoms with E-state index in [0.29, 0.717) is 5.56 Å². The summed E-state index contributed by atoms with van der Waals surface area (Å²) in [4.78, 5) is 21.6. The van der Waals surface area contributed by atoms with Gasteiger partial charge in [-0.3, -0.25) is 4.79 Å². The molecule has 0 spiro atoms. The molecule has 4 nitrogen and oxygen atoms in total. The van der Waals surface area contributed by atoms with Crippen LogP contribution in [0.1, 0.15) is 15.9 Å². The zero-order chi connectivity index (χ0) is 14.5. The average molecular weight is 273 g/mol. The number of benzene rings is 1. The van der Waals surface area contributed by atoms with Crippen molar-refractivity contribution in [1.29, 1.82) is 0 Å². The molecule has 0 aliphatic heterocycles. The smallest absolute Gasteiger partial charge is 0.405 e. The van der Waals surface area contributed by atoms with Crippen LogP contribution in [0.15, 0.2) is 30.3 Å². The number of halogens is 3. The first kappa shape index (κ1) is 14.7. The van der Waals surface area contributed by atoms with Gasteiger partial charge in [-0.15, -0.1) is 0 Å². The van der Waals surface area contributed by atoms with E-state index < -0.39 is 24.6 Å². The van der Waals surface area contributed by atoms with Gasteiger partial charge in [0.05, 0.1) is 0 Å². The van der Waals surface area contributed by atoms with Crippen LogP contribution in [0, 0.1) is 0 Å². The van der Waals surface area contributed by atoms with Crippen molar-refractivity contribution < 1.29 is 27.9 Å². The molecular weight excluding hydrogens is 263 g/mol. The number of carboxylic acids is 1. The van der Waals surface area contributed by atoms with E-state index in [-0.39, 0.29) is 5.56 Å². The number of aliphatic carboxylic acids is 1. The summed E-state index contributed by atoms with van der Waals surface area (Å²) in [5.41, 5.74) is 0.589. The van der Waals surface area contributed by atoms with E-state index in [1.54, 1.807) is 5.32 Å². The number of rotatable bonds is 4. The van der Waals surface area contributed by atoms with Gasteiger partial charge >= 0.3 is 12.1 Å². The van der Waals surface area contributed by atoms with Crippen molar-refractivity contribution in [3.63, 3.8) is 0 Å². The van der Waals surface area contributed by atoms with E-state index in [9.17, 15) is 22.8 Å². The number of alkyl halides is 3. The lowest BCUT2D eigenvalue weighted by Gasteiger charge is -2.08. The van der Waals surface area contributed by atoms with Gasteiger partial charge in [-0.2, -0.15) is 13.2 Å². The Kier molecular flexibility index (Phi) is 4.68. The molecule has 0 bridgehead atoms. The molecule has 0 saturated carbocycles. The summed E-state index contributed by atoms with van der Waals surface area (Å²) in [6.07, 6.45) is -2.24. The Bertz CT molecular complexity index is 492. The summed E-state index contributed by atoms with van der Waals surface area (Å²) in [6.45, 7) is -1.40. The highest BCUT2D eigenvalue weighted by molar-refractivity contribution is 5.94. The summed E-state index contributed by atoms with van der Waals surface area (Å²) < 4.78 is 35.7. The second kappa shape index (κ2) is 6.03. The molecule has 0 heterocycles. The number of nitrogens with one attached hydrogen (secondary N) is 1. The maximum atomic E-state index is 11.9. The van der Waals surface area contributed by atoms with E-state index >= 15 is 0 Å². The highest BCUT2D eigenvalue weighted by Gasteiger charge is 2.27. The maximum Gasteiger partial charge on any atom is 0.405 e. The van der Waals surface area contributed by atoms with E-state index in [4.69, 9.17) is 5.11 Å². The molecule has 2 N–H and O–H groups in total. The monoisotopic (exact) mass is 273 g/mol. The van der Waals surface area contributed by atoms with Crippen molar-refractivity contribution in [1.82, 2.24) is 5.32 Å². The Morgan fingerprint density at radius 2 is 1.79 bits per heavy atom. The van der Waals surface area contributed by atoms with Gasteiger partial charge in [0.2, 0.25) is 0 Å². The first-order valence-electron chi connectivity index (χ1n) is 5.14. The van der Waals surface area contributed by atoms with E-state index in [2.05, 4.69) is 0 Å². The highest BCUT2D eigenvalue weighted by Crippen LogP contribution is 2.13. The quantitative estimate of drug-likeness (QED) is 0.825. The molecule has 0 fully saturated rings. The standard InChI is InChI=1S/C12H10F3NO3/c13-12(14,15)7-16-11(19)9-4-1-8(2-5-9)3-6-10(17)18/h1-6H,7H2,(H,16,19)(H,17,18). The number of amides is 1. The largest absolute Gasteiger partial charge is 0.478 e. The summed E-state index contributed by atoms with van der Waals surface area (Å²) in [7, 11) is 0. The Balaban J connectivity index is 2.66. The van der Waals surface area contributed by atoms with Crippen molar-refractivity contribution in [3.05, 3.63) is 41.5 Å². The van der Waals surface area contributed by atoms with E-state index in [0.717, 1.165) is 6.08 Å². The van der Waals surface area contributed by atoms with E-state index in [1.807, 2.05) is 0 Å². The number of carbonyl (C=O) groups is 2. The van der Waals surface area contributed by atoms with Crippen LogP contribution in [0.3, 0.4) is 0 Å². The fourth-order valence-electron chi connectivity index (χ4n) is 1.20. The molecule has 0 saturated heterocycles. The van der Waals surface area contributed by atoms with Gasteiger partial charge in [0.1, 0.15) is 6.54 Å². The minimum absolute atomic E-state index is 0.0664. The van der Waals surface area contributed by atoms with Gasteiger partial charge in [0.25, 0.3) is 5.91 Å². The van der Waals surface area contributed by atoms with Gasteiger partial charge in [-0.1, -0.05) is 12.1 Å². The van der Waals surface area contributed by atoms with Crippen LogP contribution >= 0.6 is 0 Å². The Morgan fingerprint density at radius 3 is 2.26 bits per heavy atom. The molecule has 1 aromatic rings. The minimum atomic E-state index is -4.46. The Hall–Kier alpha value is -2.31. The van der Waals surface area contributed by atoms with Crippen LogP contribution in [0.5, 0.6) is 0 Å². The van der Waals surface area contributed by atoms with E-state index in [1.165, 1.54) is 30.3 Å². The minimum Gasteiger partial charge on any atom is -0.478 e. The molecule has 102 valence electrons. The molecule has 19 heavy (non-hydrogen) atoms. The lowest BCUT2D eigenvalue weighted by molar-refractivity contribution is -0.131. The number of carbonyl (C=O) groups excluding carboxylic acids is 1. The van der Waals surface area contributed by atoms with Crippen molar-refractivity contribution in [2.24, 2.45) is 0 Å². The predicted octanol–water partition coefficient (Wildman–Crippen LogP) is 2.08. The fourth-order valence-corrected chi connectivity index (χ4v) is 1.20. The second-order valence-corrected chi connectivity index (χ2v) is 3.59. The molecule has 0 radical (unpaired) electrons. The van der Waals surface area contributed by atoms with Gasteiger partial charge < -0.3 is 10.4 Å². The third kappa shape index (κ3) is 5.71. The van der Waals surface area contributed by atoms with Crippen molar-refractivity contribution in [3.8, 4) is 0 Å². The predicted molar refractivity (Wildman–Crippen MR) is 61.5 cm³/mol. The van der Waals surface area contributed by atoms with Crippen molar-refractivity contribution >= 4 is 18.0 Å². The first-order valence-corrected chi connectivity index (χ1v) is 5.14. The van der Waals surface area contributed by atoms with Crippen LogP contribution < -0.4 is 5.32 Å². The molecule has 0 atom stereocenters. The first-order chi connectivity index (χ1) is 8.78. The third-order valence-electron chi connectivity index (χ3n) is 2.04. The molecule has 0 aliphatic carbocycles. The molecule has 1 rings (SSSR count). The third-order valence-corrected chi connectivity index (χ3v) is 2.04. The zero-order valence-corrected chi connectivity index (χ0v) is 9.57. The Morgan fingerprint density at radius 1 is 1.21 bits per heavy atom. The molecule has 1 aromatic carbocycles. The molecule has 7 heteroatoms. The molecule has 0 aromatic heterocycles. The number of hydrogen-bond acceptors (Lipinski definition) is 2.